The van der Waals surface area contributed by atoms with Gasteiger partial charge in [0.15, 0.2) is 0 Å². The van der Waals surface area contributed by atoms with Gasteiger partial charge in [-0.2, -0.15) is 0 Å². The molecule has 1 fully saturated rings. The number of halogens is 1. The van der Waals surface area contributed by atoms with E-state index < -0.39 is 15.8 Å². The van der Waals surface area contributed by atoms with Crippen LogP contribution in [0.15, 0.2) is 23.1 Å². The molecular formula is C13H19FN2O2S. The molecule has 1 aromatic rings. The average molecular weight is 286 g/mol. The van der Waals surface area contributed by atoms with Crippen LogP contribution >= 0.6 is 0 Å². The summed E-state index contributed by atoms with van der Waals surface area (Å²) >= 11 is 0. The fraction of sp³-hybridized carbons (Fsp3) is 0.538. The SMILES string of the molecule is CCNCc1ccc(F)c(S(=O)(=O)NC2CCC2)c1. The molecule has 6 heteroatoms. The molecule has 106 valence electrons. The summed E-state index contributed by atoms with van der Waals surface area (Å²) < 4.78 is 40.5. The number of hydrogen-bond donors (Lipinski definition) is 2. The Morgan fingerprint density at radius 1 is 1.37 bits per heavy atom. The van der Waals surface area contributed by atoms with Gasteiger partial charge in [0.05, 0.1) is 0 Å². The van der Waals surface area contributed by atoms with Crippen molar-refractivity contribution in [1.82, 2.24) is 10.0 Å². The summed E-state index contributed by atoms with van der Waals surface area (Å²) in [6.07, 6.45) is 2.69. The van der Waals surface area contributed by atoms with Crippen LogP contribution in [0.4, 0.5) is 4.39 Å². The van der Waals surface area contributed by atoms with Crippen molar-refractivity contribution in [1.29, 1.82) is 0 Å². The van der Waals surface area contributed by atoms with E-state index in [0.717, 1.165) is 31.4 Å². The van der Waals surface area contributed by atoms with Crippen LogP contribution in [0, 0.1) is 5.82 Å². The minimum atomic E-state index is -3.75. The molecule has 1 saturated carbocycles. The molecule has 0 spiro atoms. The van der Waals surface area contributed by atoms with Gasteiger partial charge < -0.3 is 5.32 Å². The summed E-state index contributed by atoms with van der Waals surface area (Å²) in [6.45, 7) is 3.27. The maximum absolute atomic E-state index is 13.7. The molecule has 0 amide bonds. The summed E-state index contributed by atoms with van der Waals surface area (Å²) in [5.41, 5.74) is 0.761. The highest BCUT2D eigenvalue weighted by Crippen LogP contribution is 2.22. The van der Waals surface area contributed by atoms with Crippen molar-refractivity contribution >= 4 is 10.0 Å². The number of rotatable bonds is 6. The molecule has 19 heavy (non-hydrogen) atoms. The van der Waals surface area contributed by atoms with E-state index in [1.54, 1.807) is 6.07 Å². The molecule has 1 aliphatic carbocycles. The predicted molar refractivity (Wildman–Crippen MR) is 71.7 cm³/mol. The van der Waals surface area contributed by atoms with Crippen molar-refractivity contribution in [3.05, 3.63) is 29.6 Å². The normalized spacial score (nSPS) is 16.3. The zero-order valence-corrected chi connectivity index (χ0v) is 11.8. The van der Waals surface area contributed by atoms with Crippen LogP contribution in [0.3, 0.4) is 0 Å². The minimum Gasteiger partial charge on any atom is -0.313 e. The Bertz CT molecular complexity index is 542. The smallest absolute Gasteiger partial charge is 0.243 e. The lowest BCUT2D eigenvalue weighted by Gasteiger charge is -2.26. The van der Waals surface area contributed by atoms with E-state index in [2.05, 4.69) is 10.0 Å². The first-order chi connectivity index (χ1) is 9.03. The Hall–Kier alpha value is -0.980. The van der Waals surface area contributed by atoms with E-state index in [9.17, 15) is 12.8 Å². The lowest BCUT2D eigenvalue weighted by atomic mass is 9.94. The van der Waals surface area contributed by atoms with E-state index in [1.807, 2.05) is 6.92 Å². The van der Waals surface area contributed by atoms with Gasteiger partial charge in [-0.05, 0) is 37.1 Å². The van der Waals surface area contributed by atoms with E-state index in [4.69, 9.17) is 0 Å². The van der Waals surface area contributed by atoms with Crippen LogP contribution in [0.1, 0.15) is 31.7 Å². The molecular weight excluding hydrogens is 267 g/mol. The third-order valence-electron chi connectivity index (χ3n) is 3.29. The molecule has 2 N–H and O–H groups in total. The maximum Gasteiger partial charge on any atom is 0.243 e. The Labute approximate surface area is 113 Å². The maximum atomic E-state index is 13.7. The Morgan fingerprint density at radius 2 is 2.11 bits per heavy atom. The molecule has 0 aliphatic heterocycles. The first-order valence-corrected chi connectivity index (χ1v) is 8.02. The summed E-state index contributed by atoms with van der Waals surface area (Å²) in [7, 11) is -3.75. The molecule has 0 atom stereocenters. The summed E-state index contributed by atoms with van der Waals surface area (Å²) in [5, 5.41) is 3.09. The zero-order valence-electron chi connectivity index (χ0n) is 10.9. The van der Waals surface area contributed by atoms with Crippen molar-refractivity contribution in [3.63, 3.8) is 0 Å². The lowest BCUT2D eigenvalue weighted by molar-refractivity contribution is 0.382. The van der Waals surface area contributed by atoms with Crippen LogP contribution < -0.4 is 10.0 Å². The molecule has 1 aromatic carbocycles. The van der Waals surface area contributed by atoms with Crippen LogP contribution in [0.25, 0.3) is 0 Å². The number of sulfonamides is 1. The van der Waals surface area contributed by atoms with Crippen molar-refractivity contribution < 1.29 is 12.8 Å². The van der Waals surface area contributed by atoms with Crippen LogP contribution in [0.5, 0.6) is 0 Å². The second-order valence-corrected chi connectivity index (χ2v) is 6.48. The van der Waals surface area contributed by atoms with Crippen LogP contribution in [0.2, 0.25) is 0 Å². The van der Waals surface area contributed by atoms with E-state index >= 15 is 0 Å². The van der Waals surface area contributed by atoms with E-state index in [1.165, 1.54) is 12.1 Å². The molecule has 1 aliphatic rings. The fourth-order valence-electron chi connectivity index (χ4n) is 1.94. The minimum absolute atomic E-state index is 0.0400. The van der Waals surface area contributed by atoms with Crippen molar-refractivity contribution in [2.75, 3.05) is 6.54 Å². The van der Waals surface area contributed by atoms with Gasteiger partial charge in [-0.25, -0.2) is 17.5 Å². The van der Waals surface area contributed by atoms with Gasteiger partial charge in [0.25, 0.3) is 0 Å². The van der Waals surface area contributed by atoms with Crippen molar-refractivity contribution in [2.24, 2.45) is 0 Å². The molecule has 0 unspecified atom stereocenters. The number of hydrogen-bond acceptors (Lipinski definition) is 3. The van der Waals surface area contributed by atoms with Gasteiger partial charge >= 0.3 is 0 Å². The van der Waals surface area contributed by atoms with Gasteiger partial charge in [-0.1, -0.05) is 19.4 Å². The molecule has 0 aromatic heterocycles. The molecule has 2 rings (SSSR count). The summed E-state index contributed by atoms with van der Waals surface area (Å²) in [6, 6.07) is 4.17. The largest absolute Gasteiger partial charge is 0.313 e. The zero-order chi connectivity index (χ0) is 13.9. The molecule has 0 saturated heterocycles. The summed E-state index contributed by atoms with van der Waals surface area (Å²) in [4.78, 5) is -0.255. The van der Waals surface area contributed by atoms with Crippen LogP contribution in [-0.4, -0.2) is 21.0 Å². The second kappa shape index (κ2) is 5.98. The predicted octanol–water partition coefficient (Wildman–Crippen LogP) is 1.77. The first kappa shape index (κ1) is 14.4. The lowest BCUT2D eigenvalue weighted by Crippen LogP contribution is -2.39. The van der Waals surface area contributed by atoms with E-state index in [-0.39, 0.29) is 10.9 Å². The molecule has 0 radical (unpaired) electrons. The topological polar surface area (TPSA) is 58.2 Å². The number of nitrogens with one attached hydrogen (secondary N) is 2. The second-order valence-electron chi connectivity index (χ2n) is 4.79. The third kappa shape index (κ3) is 3.52. The van der Waals surface area contributed by atoms with Gasteiger partial charge in [0, 0.05) is 12.6 Å². The van der Waals surface area contributed by atoms with Gasteiger partial charge in [-0.15, -0.1) is 0 Å². The van der Waals surface area contributed by atoms with Gasteiger partial charge in [0.2, 0.25) is 10.0 Å². The fourth-order valence-corrected chi connectivity index (χ4v) is 3.37. The highest BCUT2D eigenvalue weighted by Gasteiger charge is 2.26. The average Bonchev–Trinajstić information content (AvgIpc) is 2.33. The molecule has 0 heterocycles. The Balaban J connectivity index is 2.21. The van der Waals surface area contributed by atoms with Gasteiger partial charge in [0.1, 0.15) is 10.7 Å². The first-order valence-electron chi connectivity index (χ1n) is 6.54. The standard InChI is InChI=1S/C13H19FN2O2S/c1-2-15-9-10-6-7-12(14)13(8-10)19(17,18)16-11-4-3-5-11/h6-8,11,15-16H,2-5,9H2,1H3. The van der Waals surface area contributed by atoms with Gasteiger partial charge in [-0.3, -0.25) is 0 Å². The highest BCUT2D eigenvalue weighted by molar-refractivity contribution is 7.89. The highest BCUT2D eigenvalue weighted by atomic mass is 32.2. The van der Waals surface area contributed by atoms with Crippen LogP contribution in [-0.2, 0) is 16.6 Å². The Morgan fingerprint density at radius 3 is 2.68 bits per heavy atom. The monoisotopic (exact) mass is 286 g/mol. The van der Waals surface area contributed by atoms with Crippen molar-refractivity contribution in [3.8, 4) is 0 Å². The van der Waals surface area contributed by atoms with E-state index in [0.29, 0.717) is 6.54 Å². The summed E-state index contributed by atoms with van der Waals surface area (Å²) in [5.74, 6) is -0.702. The number of benzene rings is 1. The third-order valence-corrected chi connectivity index (χ3v) is 4.83. The molecule has 0 bridgehead atoms. The Kier molecular flexibility index (Phi) is 4.54. The van der Waals surface area contributed by atoms with Crippen molar-refractivity contribution in [2.45, 2.75) is 43.7 Å². The quantitative estimate of drug-likeness (QED) is 0.838. The molecule has 4 nitrogen and oxygen atoms in total.